The van der Waals surface area contributed by atoms with Crippen molar-refractivity contribution in [3.05, 3.63) is 59.7 Å². The number of rotatable bonds is 20. The van der Waals surface area contributed by atoms with Gasteiger partial charge in [0.1, 0.15) is 11.5 Å². The lowest BCUT2D eigenvalue weighted by Crippen LogP contribution is -2.33. The summed E-state index contributed by atoms with van der Waals surface area (Å²) < 4.78 is 10.8. The van der Waals surface area contributed by atoms with Gasteiger partial charge in [-0.1, -0.05) is 62.1 Å². The first-order chi connectivity index (χ1) is 20.6. The number of ether oxygens (including phenoxy) is 2. The standard InChI is InChI=1S/C34H48N4O4/c1-41-33-17-9-7-15-27(33)25-35-19-11-3-5-13-21-37-29-23-32(40)30(24-31(29)39)38-22-14-6-4-12-20-36-26-28-16-8-10-18-34(28)42-2/h7-10,15-18,35-36H,3-6,11-14,19-26H2,1-2H3. The number of nitrogens with one attached hydrogen (secondary N) is 2. The average Bonchev–Trinajstić information content (AvgIpc) is 3.01. The molecule has 0 aliphatic heterocycles. The molecule has 0 bridgehead atoms. The Labute approximate surface area is 251 Å². The molecular weight excluding hydrogens is 528 g/mol. The summed E-state index contributed by atoms with van der Waals surface area (Å²) in [5.74, 6) is 1.73. The smallest absolute Gasteiger partial charge is 0.183 e. The van der Waals surface area contributed by atoms with Crippen LogP contribution in [0.3, 0.4) is 0 Å². The molecule has 0 saturated heterocycles. The second-order valence-electron chi connectivity index (χ2n) is 10.7. The van der Waals surface area contributed by atoms with Crippen LogP contribution in [0.5, 0.6) is 11.5 Å². The number of methoxy groups -OCH3 is 2. The van der Waals surface area contributed by atoms with Gasteiger partial charge in [-0.15, -0.1) is 0 Å². The number of hydrogen-bond donors (Lipinski definition) is 2. The molecule has 1 fully saturated rings. The Bertz CT molecular complexity index is 1090. The quantitative estimate of drug-likeness (QED) is 0.201. The third kappa shape index (κ3) is 11.9. The van der Waals surface area contributed by atoms with Crippen molar-refractivity contribution in [1.82, 2.24) is 10.6 Å². The van der Waals surface area contributed by atoms with Crippen molar-refractivity contribution in [1.29, 1.82) is 0 Å². The highest BCUT2D eigenvalue weighted by molar-refractivity contribution is 6.60. The molecule has 0 atom stereocenters. The number of aliphatic imine (C=N–C) groups is 2. The molecule has 0 aromatic heterocycles. The molecule has 0 unspecified atom stereocenters. The van der Waals surface area contributed by atoms with E-state index >= 15 is 0 Å². The van der Waals surface area contributed by atoms with Gasteiger partial charge in [0.25, 0.3) is 0 Å². The van der Waals surface area contributed by atoms with Crippen LogP contribution >= 0.6 is 0 Å². The van der Waals surface area contributed by atoms with Crippen molar-refractivity contribution < 1.29 is 19.1 Å². The Morgan fingerprint density at radius 3 is 1.43 bits per heavy atom. The molecule has 228 valence electrons. The lowest BCUT2D eigenvalue weighted by Gasteiger charge is -2.14. The van der Waals surface area contributed by atoms with E-state index in [0.29, 0.717) is 24.5 Å². The average molecular weight is 577 g/mol. The predicted molar refractivity (Wildman–Crippen MR) is 170 cm³/mol. The van der Waals surface area contributed by atoms with E-state index in [4.69, 9.17) is 9.47 Å². The topological polar surface area (TPSA) is 101 Å². The molecule has 2 N–H and O–H groups in total. The van der Waals surface area contributed by atoms with E-state index in [0.717, 1.165) is 100 Å². The Morgan fingerprint density at radius 1 is 0.595 bits per heavy atom. The number of hydrogen-bond acceptors (Lipinski definition) is 8. The van der Waals surface area contributed by atoms with Gasteiger partial charge in [-0.3, -0.25) is 19.6 Å². The zero-order valence-corrected chi connectivity index (χ0v) is 25.5. The Hall–Kier alpha value is -3.36. The van der Waals surface area contributed by atoms with Crippen LogP contribution in [-0.2, 0) is 22.7 Å². The van der Waals surface area contributed by atoms with Crippen molar-refractivity contribution in [2.75, 3.05) is 40.4 Å². The van der Waals surface area contributed by atoms with Crippen molar-refractivity contribution in [3.8, 4) is 11.5 Å². The summed E-state index contributed by atoms with van der Waals surface area (Å²) in [4.78, 5) is 34.0. The molecule has 0 amide bonds. The fraction of sp³-hybridized carbons (Fsp3) is 0.529. The summed E-state index contributed by atoms with van der Waals surface area (Å²) in [6, 6.07) is 16.1. The first-order valence-electron chi connectivity index (χ1n) is 15.4. The van der Waals surface area contributed by atoms with Crippen molar-refractivity contribution in [2.45, 2.75) is 77.3 Å². The van der Waals surface area contributed by atoms with Gasteiger partial charge < -0.3 is 20.1 Å². The van der Waals surface area contributed by atoms with E-state index < -0.39 is 0 Å². The molecule has 8 heteroatoms. The SMILES string of the molecule is COc1ccccc1CNCCCCCCN=C1CC(=O)C(=NCCCCCCNCc2ccccc2OC)CC1=O. The van der Waals surface area contributed by atoms with Crippen LogP contribution in [0.4, 0.5) is 0 Å². The van der Waals surface area contributed by atoms with Gasteiger partial charge in [0.05, 0.1) is 38.5 Å². The predicted octanol–water partition coefficient (Wildman–Crippen LogP) is 5.52. The largest absolute Gasteiger partial charge is 0.496 e. The molecule has 8 nitrogen and oxygen atoms in total. The van der Waals surface area contributed by atoms with Crippen LogP contribution < -0.4 is 20.1 Å². The highest BCUT2D eigenvalue weighted by atomic mass is 16.5. The highest BCUT2D eigenvalue weighted by Gasteiger charge is 2.27. The Kier molecular flexibility index (Phi) is 15.6. The summed E-state index contributed by atoms with van der Waals surface area (Å²) in [5.41, 5.74) is 3.18. The molecule has 3 rings (SSSR count). The Morgan fingerprint density at radius 2 is 1.00 bits per heavy atom. The fourth-order valence-electron chi connectivity index (χ4n) is 5.00. The van der Waals surface area contributed by atoms with E-state index in [1.165, 1.54) is 0 Å². The number of benzene rings is 2. The second-order valence-corrected chi connectivity index (χ2v) is 10.7. The maximum Gasteiger partial charge on any atom is 0.183 e. The van der Waals surface area contributed by atoms with Crippen molar-refractivity contribution in [3.63, 3.8) is 0 Å². The first kappa shape index (κ1) is 33.1. The third-order valence-corrected chi connectivity index (χ3v) is 7.44. The van der Waals surface area contributed by atoms with E-state index in [1.54, 1.807) is 14.2 Å². The zero-order valence-electron chi connectivity index (χ0n) is 25.5. The van der Waals surface area contributed by atoms with Gasteiger partial charge in [0, 0.05) is 37.3 Å². The fourth-order valence-corrected chi connectivity index (χ4v) is 5.00. The van der Waals surface area contributed by atoms with Crippen LogP contribution in [-0.4, -0.2) is 63.4 Å². The third-order valence-electron chi connectivity index (χ3n) is 7.44. The molecule has 1 aliphatic rings. The number of carbonyl (C=O) groups is 2. The van der Waals surface area contributed by atoms with Crippen LogP contribution in [0, 0.1) is 0 Å². The minimum Gasteiger partial charge on any atom is -0.496 e. The minimum atomic E-state index is -0.0463. The van der Waals surface area contributed by atoms with Crippen molar-refractivity contribution >= 4 is 23.0 Å². The van der Waals surface area contributed by atoms with Crippen molar-refractivity contribution in [2.24, 2.45) is 9.98 Å². The zero-order chi connectivity index (χ0) is 29.8. The number of nitrogens with zero attached hydrogens (tertiary/aromatic N) is 2. The molecule has 0 heterocycles. The summed E-state index contributed by atoms with van der Waals surface area (Å²) in [6.07, 6.45) is 8.54. The van der Waals surface area contributed by atoms with E-state index in [9.17, 15) is 9.59 Å². The molecule has 0 radical (unpaired) electrons. The summed E-state index contributed by atoms with van der Waals surface area (Å²) >= 11 is 0. The number of carbonyl (C=O) groups excluding carboxylic acids is 2. The normalized spacial score (nSPS) is 15.5. The van der Waals surface area contributed by atoms with Crippen LogP contribution in [0.15, 0.2) is 58.5 Å². The molecule has 0 spiro atoms. The highest BCUT2D eigenvalue weighted by Crippen LogP contribution is 2.18. The van der Waals surface area contributed by atoms with E-state index in [1.807, 2.05) is 36.4 Å². The van der Waals surface area contributed by atoms with E-state index in [2.05, 4.69) is 32.8 Å². The van der Waals surface area contributed by atoms with E-state index in [-0.39, 0.29) is 24.4 Å². The maximum absolute atomic E-state index is 12.5. The van der Waals surface area contributed by atoms with Gasteiger partial charge in [0.2, 0.25) is 0 Å². The lowest BCUT2D eigenvalue weighted by atomic mass is 9.93. The number of unbranched alkanes of at least 4 members (excludes halogenated alkanes) is 6. The van der Waals surface area contributed by atoms with Gasteiger partial charge in [-0.2, -0.15) is 0 Å². The maximum atomic E-state index is 12.5. The summed E-state index contributed by atoms with van der Waals surface area (Å²) in [5, 5.41) is 6.93. The number of ketones is 2. The van der Waals surface area contributed by atoms with Crippen LogP contribution in [0.25, 0.3) is 0 Å². The first-order valence-corrected chi connectivity index (χ1v) is 15.4. The van der Waals surface area contributed by atoms with Gasteiger partial charge in [-0.05, 0) is 50.9 Å². The minimum absolute atomic E-state index is 0.0463. The monoisotopic (exact) mass is 576 g/mol. The molecule has 42 heavy (non-hydrogen) atoms. The van der Waals surface area contributed by atoms with Gasteiger partial charge in [0.15, 0.2) is 11.6 Å². The Balaban J connectivity index is 1.20. The molecule has 2 aromatic carbocycles. The number of para-hydroxylation sites is 2. The van der Waals surface area contributed by atoms with Gasteiger partial charge in [-0.25, -0.2) is 0 Å². The number of Topliss-reactive ketones (excluding diaryl/α,β-unsaturated/α-hetero) is 2. The second kappa shape index (κ2) is 19.7. The molecule has 1 saturated carbocycles. The summed E-state index contributed by atoms with van der Waals surface area (Å²) in [6.45, 7) is 4.69. The molecular formula is C34H48N4O4. The van der Waals surface area contributed by atoms with Crippen LogP contribution in [0.1, 0.15) is 75.3 Å². The summed E-state index contributed by atoms with van der Waals surface area (Å²) in [7, 11) is 3.39. The lowest BCUT2D eigenvalue weighted by molar-refractivity contribution is -0.116. The van der Waals surface area contributed by atoms with Gasteiger partial charge >= 0.3 is 0 Å². The molecule has 2 aromatic rings. The molecule has 1 aliphatic carbocycles. The van der Waals surface area contributed by atoms with Crippen LogP contribution in [0.2, 0.25) is 0 Å².